The van der Waals surface area contributed by atoms with Gasteiger partial charge in [0.1, 0.15) is 6.61 Å². The predicted molar refractivity (Wildman–Crippen MR) is 80.3 cm³/mol. The summed E-state index contributed by atoms with van der Waals surface area (Å²) in [6, 6.07) is 6.80. The fourth-order valence-corrected chi connectivity index (χ4v) is 3.14. The molecule has 0 radical (unpaired) electrons. The summed E-state index contributed by atoms with van der Waals surface area (Å²) >= 11 is 5.04. The zero-order valence-electron chi connectivity index (χ0n) is 10.8. The van der Waals surface area contributed by atoms with Crippen molar-refractivity contribution in [3.8, 4) is 5.75 Å². The van der Waals surface area contributed by atoms with Gasteiger partial charge in [0.15, 0.2) is 11.6 Å². The molecule has 1 heterocycles. The number of ether oxygens (including phenoxy) is 1. The van der Waals surface area contributed by atoms with Crippen LogP contribution in [0.1, 0.15) is 15.3 Å². The maximum absolute atomic E-state index is 13.5. The Morgan fingerprint density at radius 2 is 2.16 bits per heavy atom. The number of hydrogen-bond donors (Lipinski definition) is 1. The molecule has 0 saturated heterocycles. The van der Waals surface area contributed by atoms with E-state index in [0.717, 1.165) is 16.6 Å². The highest BCUT2D eigenvalue weighted by molar-refractivity contribution is 9.10. The molecule has 0 aliphatic heterocycles. The van der Waals surface area contributed by atoms with E-state index in [0.29, 0.717) is 6.61 Å². The van der Waals surface area contributed by atoms with Crippen LogP contribution in [0, 0.1) is 12.7 Å². The van der Waals surface area contributed by atoms with Crippen molar-refractivity contribution in [1.82, 2.24) is 5.32 Å². The fraction of sp³-hybridized carbons (Fsp3) is 0.286. The van der Waals surface area contributed by atoms with E-state index in [9.17, 15) is 4.39 Å². The van der Waals surface area contributed by atoms with Gasteiger partial charge in [-0.15, -0.1) is 11.3 Å². The normalized spacial score (nSPS) is 10.7. The first kappa shape index (κ1) is 14.5. The second-order valence-corrected chi connectivity index (χ2v) is 6.44. The molecule has 0 saturated carbocycles. The molecule has 1 N–H and O–H groups in total. The number of benzene rings is 1. The zero-order valence-corrected chi connectivity index (χ0v) is 13.2. The van der Waals surface area contributed by atoms with Crippen molar-refractivity contribution in [2.75, 3.05) is 7.05 Å². The SMILES string of the molecule is CNCc1cc(COc2cc(Br)ccc2F)c(C)s1. The van der Waals surface area contributed by atoms with Crippen LogP contribution in [0.3, 0.4) is 0 Å². The summed E-state index contributed by atoms with van der Waals surface area (Å²) in [5.74, 6) is -0.0679. The number of aryl methyl sites for hydroxylation is 1. The highest BCUT2D eigenvalue weighted by atomic mass is 79.9. The number of nitrogens with one attached hydrogen (secondary N) is 1. The van der Waals surface area contributed by atoms with Gasteiger partial charge in [-0.25, -0.2) is 4.39 Å². The fourth-order valence-electron chi connectivity index (χ4n) is 1.74. The van der Waals surface area contributed by atoms with Crippen LogP contribution >= 0.6 is 27.3 Å². The third-order valence-electron chi connectivity index (χ3n) is 2.70. The Kier molecular flexibility index (Phi) is 4.96. The summed E-state index contributed by atoms with van der Waals surface area (Å²) in [6.45, 7) is 3.29. The first-order valence-corrected chi connectivity index (χ1v) is 7.51. The molecule has 0 atom stereocenters. The smallest absolute Gasteiger partial charge is 0.165 e. The minimum Gasteiger partial charge on any atom is -0.486 e. The van der Waals surface area contributed by atoms with Gasteiger partial charge in [0.05, 0.1) is 0 Å². The number of thiophene rings is 1. The molecular formula is C14H15BrFNOS. The van der Waals surface area contributed by atoms with Gasteiger partial charge in [-0.2, -0.15) is 0 Å². The molecule has 1 aromatic carbocycles. The monoisotopic (exact) mass is 343 g/mol. The van der Waals surface area contributed by atoms with Crippen LogP contribution in [0.4, 0.5) is 4.39 Å². The maximum Gasteiger partial charge on any atom is 0.165 e. The first-order chi connectivity index (χ1) is 9.10. The second-order valence-electron chi connectivity index (χ2n) is 4.19. The van der Waals surface area contributed by atoms with Crippen LogP contribution in [-0.2, 0) is 13.2 Å². The van der Waals surface area contributed by atoms with E-state index in [1.807, 2.05) is 7.05 Å². The lowest BCUT2D eigenvalue weighted by molar-refractivity contribution is 0.290. The molecule has 0 aliphatic rings. The van der Waals surface area contributed by atoms with E-state index >= 15 is 0 Å². The Bertz CT molecular complexity index is 571. The predicted octanol–water partition coefficient (Wildman–Crippen LogP) is 4.26. The average Bonchev–Trinajstić information content (AvgIpc) is 2.71. The van der Waals surface area contributed by atoms with E-state index in [1.54, 1.807) is 23.5 Å². The third-order valence-corrected chi connectivity index (χ3v) is 4.29. The summed E-state index contributed by atoms with van der Waals surface area (Å²) in [6.07, 6.45) is 0. The number of hydrogen-bond acceptors (Lipinski definition) is 3. The Labute approximate surface area is 124 Å². The third kappa shape index (κ3) is 3.78. The summed E-state index contributed by atoms with van der Waals surface area (Å²) in [7, 11) is 1.92. The summed E-state index contributed by atoms with van der Waals surface area (Å²) in [5, 5.41) is 3.12. The highest BCUT2D eigenvalue weighted by Crippen LogP contribution is 2.26. The molecule has 0 spiro atoms. The quantitative estimate of drug-likeness (QED) is 0.875. The number of halogens is 2. The molecular weight excluding hydrogens is 329 g/mol. The highest BCUT2D eigenvalue weighted by Gasteiger charge is 2.08. The van der Waals surface area contributed by atoms with Gasteiger partial charge in [-0.3, -0.25) is 0 Å². The van der Waals surface area contributed by atoms with Crippen LogP contribution in [0.15, 0.2) is 28.7 Å². The molecule has 0 unspecified atom stereocenters. The van der Waals surface area contributed by atoms with Gasteiger partial charge in [0.25, 0.3) is 0 Å². The lowest BCUT2D eigenvalue weighted by atomic mass is 10.2. The van der Waals surface area contributed by atoms with Crippen LogP contribution in [0.2, 0.25) is 0 Å². The van der Waals surface area contributed by atoms with Gasteiger partial charge in [0.2, 0.25) is 0 Å². The molecule has 2 rings (SSSR count). The molecule has 0 amide bonds. The Morgan fingerprint density at radius 1 is 1.37 bits per heavy atom. The van der Waals surface area contributed by atoms with E-state index in [2.05, 4.69) is 34.2 Å². The van der Waals surface area contributed by atoms with E-state index in [4.69, 9.17) is 4.74 Å². The van der Waals surface area contributed by atoms with E-state index in [-0.39, 0.29) is 11.6 Å². The molecule has 1 aromatic heterocycles. The van der Waals surface area contributed by atoms with Crippen LogP contribution in [-0.4, -0.2) is 7.05 Å². The molecule has 2 aromatic rings. The van der Waals surface area contributed by atoms with Crippen LogP contribution in [0.5, 0.6) is 5.75 Å². The summed E-state index contributed by atoms with van der Waals surface area (Å²) in [4.78, 5) is 2.47. The summed E-state index contributed by atoms with van der Waals surface area (Å²) in [5.41, 5.74) is 1.11. The molecule has 19 heavy (non-hydrogen) atoms. The van der Waals surface area contributed by atoms with Crippen molar-refractivity contribution < 1.29 is 9.13 Å². The molecule has 2 nitrogen and oxygen atoms in total. The standard InChI is InChI=1S/C14H15BrFNOS/c1-9-10(5-12(19-9)7-17-2)8-18-14-6-11(15)3-4-13(14)16/h3-6,17H,7-8H2,1-2H3. The zero-order chi connectivity index (χ0) is 13.8. The Balaban J connectivity index is 2.07. The van der Waals surface area contributed by atoms with Crippen molar-refractivity contribution in [2.24, 2.45) is 0 Å². The van der Waals surface area contributed by atoms with Gasteiger partial charge in [0, 0.05) is 26.3 Å². The van der Waals surface area contributed by atoms with Crippen LogP contribution in [0.25, 0.3) is 0 Å². The maximum atomic E-state index is 13.5. The minimum atomic E-state index is -0.341. The topological polar surface area (TPSA) is 21.3 Å². The molecule has 0 aliphatic carbocycles. The lowest BCUT2D eigenvalue weighted by Crippen LogP contribution is -2.03. The summed E-state index contributed by atoms with van der Waals surface area (Å²) < 4.78 is 19.9. The van der Waals surface area contributed by atoms with Crippen LogP contribution < -0.4 is 10.1 Å². The average molecular weight is 344 g/mol. The molecule has 0 fully saturated rings. The molecule has 0 bridgehead atoms. The number of rotatable bonds is 5. The van der Waals surface area contributed by atoms with Crippen molar-refractivity contribution in [3.05, 3.63) is 49.9 Å². The van der Waals surface area contributed by atoms with E-state index < -0.39 is 0 Å². The Hall–Kier alpha value is -0.910. The van der Waals surface area contributed by atoms with Crippen molar-refractivity contribution >= 4 is 27.3 Å². The van der Waals surface area contributed by atoms with E-state index in [1.165, 1.54) is 15.8 Å². The second kappa shape index (κ2) is 6.50. The van der Waals surface area contributed by atoms with Crippen molar-refractivity contribution in [1.29, 1.82) is 0 Å². The van der Waals surface area contributed by atoms with Gasteiger partial charge < -0.3 is 10.1 Å². The molecule has 5 heteroatoms. The van der Waals surface area contributed by atoms with Gasteiger partial charge in [-0.05, 0) is 38.2 Å². The van der Waals surface area contributed by atoms with Gasteiger partial charge >= 0.3 is 0 Å². The first-order valence-electron chi connectivity index (χ1n) is 5.91. The Morgan fingerprint density at radius 3 is 2.89 bits per heavy atom. The van der Waals surface area contributed by atoms with Gasteiger partial charge in [-0.1, -0.05) is 15.9 Å². The molecule has 102 valence electrons. The van der Waals surface area contributed by atoms with Crippen molar-refractivity contribution in [2.45, 2.75) is 20.1 Å². The lowest BCUT2D eigenvalue weighted by Gasteiger charge is -2.07. The van der Waals surface area contributed by atoms with Crippen molar-refractivity contribution in [3.63, 3.8) is 0 Å². The minimum absolute atomic E-state index is 0.273. The largest absolute Gasteiger partial charge is 0.486 e.